The Kier molecular flexibility index (Phi) is 6.45. The molecule has 0 N–H and O–H groups in total. The lowest BCUT2D eigenvalue weighted by molar-refractivity contribution is 0.140. The van der Waals surface area contributed by atoms with E-state index in [0.717, 1.165) is 45.0 Å². The molecule has 1 aromatic heterocycles. The lowest BCUT2D eigenvalue weighted by atomic mass is 10.2. The summed E-state index contributed by atoms with van der Waals surface area (Å²) in [5, 5.41) is 0. The summed E-state index contributed by atoms with van der Waals surface area (Å²) in [7, 11) is 0. The average molecular weight is 328 g/mol. The monoisotopic (exact) mass is 328 g/mol. The van der Waals surface area contributed by atoms with E-state index >= 15 is 0 Å². The van der Waals surface area contributed by atoms with Crippen LogP contribution in [0.25, 0.3) is 0 Å². The van der Waals surface area contributed by atoms with Crippen LogP contribution < -0.4 is 9.47 Å². The summed E-state index contributed by atoms with van der Waals surface area (Å²) < 4.78 is 15.8. The van der Waals surface area contributed by atoms with Gasteiger partial charge in [0.25, 0.3) is 5.88 Å². The Bertz CT molecular complexity index is 574. The van der Waals surface area contributed by atoms with Crippen LogP contribution in [0.4, 0.5) is 0 Å². The number of aromatic nitrogens is 1. The van der Waals surface area contributed by atoms with Crippen molar-refractivity contribution in [2.45, 2.75) is 13.0 Å². The van der Waals surface area contributed by atoms with Crippen molar-refractivity contribution in [1.82, 2.24) is 9.88 Å². The first kappa shape index (κ1) is 16.7. The topological polar surface area (TPSA) is 43.8 Å². The van der Waals surface area contributed by atoms with Crippen LogP contribution in [0.2, 0.25) is 0 Å². The second-order valence-corrected chi connectivity index (χ2v) is 5.73. The molecule has 0 aliphatic carbocycles. The molecule has 2 aliphatic heterocycles. The van der Waals surface area contributed by atoms with E-state index in [2.05, 4.69) is 40.2 Å². The molecule has 0 unspecified atom stereocenters. The zero-order valence-corrected chi connectivity index (χ0v) is 13.9. The van der Waals surface area contributed by atoms with Gasteiger partial charge in [-0.3, -0.25) is 4.90 Å². The molecular weight excluding hydrogens is 304 g/mol. The quantitative estimate of drug-likeness (QED) is 0.848. The molecule has 0 radical (unpaired) electrons. The van der Waals surface area contributed by atoms with Crippen molar-refractivity contribution >= 4 is 0 Å². The number of rotatable bonds is 2. The second kappa shape index (κ2) is 9.25. The Morgan fingerprint density at radius 1 is 0.875 bits per heavy atom. The van der Waals surface area contributed by atoms with Gasteiger partial charge in [-0.05, 0) is 24.1 Å². The molecule has 1 saturated heterocycles. The van der Waals surface area contributed by atoms with Crippen LogP contribution in [-0.2, 0) is 11.3 Å². The van der Waals surface area contributed by atoms with Crippen molar-refractivity contribution < 1.29 is 14.2 Å². The zero-order valence-electron chi connectivity index (χ0n) is 13.9. The smallest absolute Gasteiger partial charge is 0.257 e. The fourth-order valence-corrected chi connectivity index (χ4v) is 2.68. The normalized spacial score (nSPS) is 17.3. The first-order valence-corrected chi connectivity index (χ1v) is 8.46. The molecule has 3 heterocycles. The van der Waals surface area contributed by atoms with Gasteiger partial charge in [-0.2, -0.15) is 0 Å². The van der Waals surface area contributed by atoms with Gasteiger partial charge in [-0.15, -0.1) is 0 Å². The summed E-state index contributed by atoms with van der Waals surface area (Å²) in [4.78, 5) is 6.43. The third kappa shape index (κ3) is 5.22. The van der Waals surface area contributed by atoms with Crippen molar-refractivity contribution in [3.8, 4) is 11.6 Å². The van der Waals surface area contributed by atoms with Crippen LogP contribution in [-0.4, -0.2) is 49.4 Å². The number of benzene rings is 1. The van der Waals surface area contributed by atoms with Gasteiger partial charge < -0.3 is 14.2 Å². The number of nitrogens with zero attached hydrogens (tertiary/aromatic N) is 2. The largest absolute Gasteiger partial charge is 0.484 e. The number of fused-ring (bicyclic) bond motifs is 1. The van der Waals surface area contributed by atoms with E-state index in [-0.39, 0.29) is 0 Å². The molecule has 1 fully saturated rings. The highest BCUT2D eigenvalue weighted by Crippen LogP contribution is 2.25. The standard InChI is InChI=1S/C12H17NO.C7H7NO2/c1-2-5-12(6-3-1)11-13-7-4-9-14-10-8-13;1-2-6-7(8-3-1)10-5-4-9-6/h1-3,5-6H,4,7-11H2;1-3H,4-5H2. The Morgan fingerprint density at radius 2 is 1.75 bits per heavy atom. The first-order valence-electron chi connectivity index (χ1n) is 8.46. The molecule has 24 heavy (non-hydrogen) atoms. The Labute approximate surface area is 143 Å². The minimum Gasteiger partial charge on any atom is -0.484 e. The fourth-order valence-electron chi connectivity index (χ4n) is 2.68. The van der Waals surface area contributed by atoms with Crippen molar-refractivity contribution in [3.63, 3.8) is 0 Å². The average Bonchev–Trinajstić information content (AvgIpc) is 2.92. The predicted molar refractivity (Wildman–Crippen MR) is 92.4 cm³/mol. The molecule has 128 valence electrons. The molecule has 0 bridgehead atoms. The molecule has 5 heteroatoms. The summed E-state index contributed by atoms with van der Waals surface area (Å²) in [5.74, 6) is 1.35. The van der Waals surface area contributed by atoms with Crippen LogP contribution in [0.5, 0.6) is 11.6 Å². The summed E-state index contributed by atoms with van der Waals surface area (Å²) in [5.41, 5.74) is 1.40. The van der Waals surface area contributed by atoms with Gasteiger partial charge in [0.1, 0.15) is 13.2 Å². The van der Waals surface area contributed by atoms with Crippen LogP contribution in [0.3, 0.4) is 0 Å². The van der Waals surface area contributed by atoms with Crippen LogP contribution >= 0.6 is 0 Å². The summed E-state index contributed by atoms with van der Waals surface area (Å²) >= 11 is 0. The van der Waals surface area contributed by atoms with Gasteiger partial charge in [0.05, 0.1) is 6.61 Å². The molecule has 0 atom stereocenters. The highest BCUT2D eigenvalue weighted by atomic mass is 16.6. The van der Waals surface area contributed by atoms with Crippen molar-refractivity contribution in [3.05, 3.63) is 54.2 Å². The van der Waals surface area contributed by atoms with E-state index < -0.39 is 0 Å². The highest BCUT2D eigenvalue weighted by Gasteiger charge is 2.10. The van der Waals surface area contributed by atoms with Crippen LogP contribution in [0.1, 0.15) is 12.0 Å². The molecule has 1 aromatic carbocycles. The Hall–Kier alpha value is -2.11. The molecule has 0 spiro atoms. The molecule has 0 saturated carbocycles. The first-order chi connectivity index (χ1) is 11.9. The van der Waals surface area contributed by atoms with E-state index in [1.807, 2.05) is 12.1 Å². The van der Waals surface area contributed by atoms with Gasteiger partial charge in [0.15, 0.2) is 5.75 Å². The minimum atomic E-state index is 0.601. The van der Waals surface area contributed by atoms with E-state index in [1.165, 1.54) is 5.56 Å². The number of hydrogen-bond acceptors (Lipinski definition) is 5. The number of hydrogen-bond donors (Lipinski definition) is 0. The zero-order chi connectivity index (χ0) is 16.5. The molecule has 2 aliphatic rings. The Morgan fingerprint density at radius 3 is 2.62 bits per heavy atom. The fraction of sp³-hybridized carbons (Fsp3) is 0.421. The van der Waals surface area contributed by atoms with Gasteiger partial charge in [-0.25, -0.2) is 4.98 Å². The maximum Gasteiger partial charge on any atom is 0.257 e. The van der Waals surface area contributed by atoms with E-state index in [4.69, 9.17) is 14.2 Å². The second-order valence-electron chi connectivity index (χ2n) is 5.73. The van der Waals surface area contributed by atoms with Crippen molar-refractivity contribution in [2.75, 3.05) is 39.5 Å². The third-order valence-corrected chi connectivity index (χ3v) is 3.88. The summed E-state index contributed by atoms with van der Waals surface area (Å²) in [6.45, 7) is 6.31. The molecule has 0 amide bonds. The lowest BCUT2D eigenvalue weighted by Gasteiger charge is -2.18. The molecular formula is C19H24N2O3. The Balaban J connectivity index is 0.000000149. The van der Waals surface area contributed by atoms with Crippen LogP contribution in [0.15, 0.2) is 48.7 Å². The van der Waals surface area contributed by atoms with Gasteiger partial charge >= 0.3 is 0 Å². The molecule has 5 nitrogen and oxygen atoms in total. The van der Waals surface area contributed by atoms with E-state index in [1.54, 1.807) is 6.20 Å². The number of ether oxygens (including phenoxy) is 3. The maximum atomic E-state index is 5.42. The number of pyridine rings is 1. The van der Waals surface area contributed by atoms with Crippen molar-refractivity contribution in [1.29, 1.82) is 0 Å². The summed E-state index contributed by atoms with van der Waals surface area (Å²) in [6.07, 6.45) is 2.85. The van der Waals surface area contributed by atoms with Gasteiger partial charge in [-0.1, -0.05) is 30.3 Å². The maximum absolute atomic E-state index is 5.42. The SMILES string of the molecule is c1ccc(CN2CCCOCC2)cc1.c1cnc2c(c1)OCCO2. The van der Waals surface area contributed by atoms with Gasteiger partial charge in [0.2, 0.25) is 0 Å². The van der Waals surface area contributed by atoms with Crippen molar-refractivity contribution in [2.24, 2.45) is 0 Å². The highest BCUT2D eigenvalue weighted by molar-refractivity contribution is 5.33. The lowest BCUT2D eigenvalue weighted by Crippen LogP contribution is -2.25. The van der Waals surface area contributed by atoms with Crippen LogP contribution in [0, 0.1) is 0 Å². The molecule has 2 aromatic rings. The predicted octanol–water partition coefficient (Wildman–Crippen LogP) is 2.76. The molecule has 4 rings (SSSR count). The summed E-state index contributed by atoms with van der Waals surface area (Å²) in [6, 6.07) is 14.3. The third-order valence-electron chi connectivity index (χ3n) is 3.88. The van der Waals surface area contributed by atoms with Gasteiger partial charge in [0, 0.05) is 32.4 Å². The van der Waals surface area contributed by atoms with E-state index in [9.17, 15) is 0 Å². The van der Waals surface area contributed by atoms with E-state index in [0.29, 0.717) is 19.1 Å². The minimum absolute atomic E-state index is 0.601.